The fourth-order valence-corrected chi connectivity index (χ4v) is 4.29. The first kappa shape index (κ1) is 15.0. The number of fused-ring (bicyclic) bond motifs is 1. The SMILES string of the molecule is CC(C)n1ncc2cc(C(=O)N[C@@H]3CCS(=O)(=O)C3)cnc21. The molecule has 7 nitrogen and oxygen atoms in total. The zero-order chi connectivity index (χ0) is 15.9. The Labute approximate surface area is 128 Å². The number of aromatic nitrogens is 3. The van der Waals surface area contributed by atoms with Gasteiger partial charge >= 0.3 is 0 Å². The van der Waals surface area contributed by atoms with Crippen LogP contribution in [0.25, 0.3) is 11.0 Å². The average Bonchev–Trinajstić information content (AvgIpc) is 3.01. The monoisotopic (exact) mass is 322 g/mol. The molecular weight excluding hydrogens is 304 g/mol. The number of nitrogens with one attached hydrogen (secondary N) is 1. The van der Waals surface area contributed by atoms with E-state index >= 15 is 0 Å². The van der Waals surface area contributed by atoms with Crippen molar-refractivity contribution in [3.8, 4) is 0 Å². The molecule has 2 aromatic heterocycles. The minimum Gasteiger partial charge on any atom is -0.348 e. The Morgan fingerprint density at radius 2 is 2.18 bits per heavy atom. The summed E-state index contributed by atoms with van der Waals surface area (Å²) in [4.78, 5) is 16.5. The van der Waals surface area contributed by atoms with Crippen LogP contribution in [-0.2, 0) is 9.84 Å². The predicted molar refractivity (Wildman–Crippen MR) is 82.4 cm³/mol. The molecule has 3 heterocycles. The number of nitrogens with zero attached hydrogens (tertiary/aromatic N) is 3. The number of carbonyl (C=O) groups excluding carboxylic acids is 1. The zero-order valence-electron chi connectivity index (χ0n) is 12.5. The maximum Gasteiger partial charge on any atom is 0.253 e. The molecule has 0 aliphatic carbocycles. The van der Waals surface area contributed by atoms with Crippen LogP contribution < -0.4 is 5.32 Å². The highest BCUT2D eigenvalue weighted by Crippen LogP contribution is 2.17. The third-order valence-corrected chi connectivity index (χ3v) is 5.52. The van der Waals surface area contributed by atoms with E-state index < -0.39 is 9.84 Å². The van der Waals surface area contributed by atoms with E-state index in [1.807, 2.05) is 13.8 Å². The highest BCUT2D eigenvalue weighted by molar-refractivity contribution is 7.91. The van der Waals surface area contributed by atoms with E-state index in [4.69, 9.17) is 0 Å². The van der Waals surface area contributed by atoms with Crippen LogP contribution in [-0.4, -0.2) is 46.6 Å². The van der Waals surface area contributed by atoms with Crippen LogP contribution in [0.3, 0.4) is 0 Å². The summed E-state index contributed by atoms with van der Waals surface area (Å²) in [5.74, 6) is -0.149. The summed E-state index contributed by atoms with van der Waals surface area (Å²) in [6.45, 7) is 4.02. The molecule has 22 heavy (non-hydrogen) atoms. The van der Waals surface area contributed by atoms with Gasteiger partial charge in [-0.2, -0.15) is 5.10 Å². The molecular formula is C14H18N4O3S. The zero-order valence-corrected chi connectivity index (χ0v) is 13.3. The van der Waals surface area contributed by atoms with E-state index in [9.17, 15) is 13.2 Å². The Morgan fingerprint density at radius 3 is 2.82 bits per heavy atom. The molecule has 1 amide bonds. The predicted octanol–water partition coefficient (Wildman–Crippen LogP) is 0.929. The van der Waals surface area contributed by atoms with Gasteiger partial charge in [0.05, 0.1) is 23.3 Å². The normalized spacial score (nSPS) is 20.6. The van der Waals surface area contributed by atoms with Gasteiger partial charge in [-0.05, 0) is 26.3 Å². The summed E-state index contributed by atoms with van der Waals surface area (Å²) in [5.41, 5.74) is 1.15. The van der Waals surface area contributed by atoms with Crippen molar-refractivity contribution in [3.63, 3.8) is 0 Å². The Kier molecular flexibility index (Phi) is 3.64. The van der Waals surface area contributed by atoms with Crippen molar-refractivity contribution in [2.75, 3.05) is 11.5 Å². The molecule has 0 aromatic carbocycles. The van der Waals surface area contributed by atoms with Crippen LogP contribution in [0.4, 0.5) is 0 Å². The lowest BCUT2D eigenvalue weighted by Gasteiger charge is -2.11. The summed E-state index contributed by atoms with van der Waals surface area (Å²) in [6.07, 6.45) is 3.65. The number of amides is 1. The van der Waals surface area contributed by atoms with E-state index in [0.717, 1.165) is 11.0 Å². The molecule has 1 fully saturated rings. The minimum absolute atomic E-state index is 0.0136. The van der Waals surface area contributed by atoms with Crippen molar-refractivity contribution in [1.29, 1.82) is 0 Å². The third-order valence-electron chi connectivity index (χ3n) is 3.75. The second kappa shape index (κ2) is 5.35. The second-order valence-corrected chi connectivity index (χ2v) is 8.12. The van der Waals surface area contributed by atoms with Crippen molar-refractivity contribution in [1.82, 2.24) is 20.1 Å². The summed E-state index contributed by atoms with van der Waals surface area (Å²) in [6, 6.07) is 1.60. The van der Waals surface area contributed by atoms with Crippen LogP contribution in [0.5, 0.6) is 0 Å². The molecule has 8 heteroatoms. The van der Waals surface area contributed by atoms with Gasteiger partial charge in [0, 0.05) is 23.7 Å². The van der Waals surface area contributed by atoms with Crippen LogP contribution in [0, 0.1) is 0 Å². The lowest BCUT2D eigenvalue weighted by Crippen LogP contribution is -2.35. The fourth-order valence-electron chi connectivity index (χ4n) is 2.62. The molecule has 0 bridgehead atoms. The van der Waals surface area contributed by atoms with E-state index in [2.05, 4.69) is 15.4 Å². The number of pyridine rings is 1. The third kappa shape index (κ3) is 2.83. The molecule has 118 valence electrons. The van der Waals surface area contributed by atoms with E-state index in [1.165, 1.54) is 6.20 Å². The van der Waals surface area contributed by atoms with Gasteiger partial charge in [0.2, 0.25) is 0 Å². The van der Waals surface area contributed by atoms with E-state index in [0.29, 0.717) is 12.0 Å². The number of sulfone groups is 1. The second-order valence-electron chi connectivity index (χ2n) is 5.89. The Morgan fingerprint density at radius 1 is 1.41 bits per heavy atom. The van der Waals surface area contributed by atoms with Crippen molar-refractivity contribution in [3.05, 3.63) is 24.0 Å². The standard InChI is InChI=1S/C14H18N4O3S/c1-9(2)18-13-10(7-16-18)5-11(6-15-13)14(19)17-12-3-4-22(20,21)8-12/h5-7,9,12H,3-4,8H2,1-2H3,(H,17,19)/t12-/m1/s1. The Balaban J connectivity index is 1.80. The highest BCUT2D eigenvalue weighted by Gasteiger charge is 2.29. The first-order valence-electron chi connectivity index (χ1n) is 7.20. The van der Waals surface area contributed by atoms with Crippen molar-refractivity contribution in [2.24, 2.45) is 0 Å². The van der Waals surface area contributed by atoms with Crippen molar-refractivity contribution < 1.29 is 13.2 Å². The number of rotatable bonds is 3. The quantitative estimate of drug-likeness (QED) is 0.907. The molecule has 1 saturated heterocycles. The first-order chi connectivity index (χ1) is 10.4. The maximum absolute atomic E-state index is 12.2. The van der Waals surface area contributed by atoms with Crippen LogP contribution in [0.1, 0.15) is 36.7 Å². The summed E-state index contributed by atoms with van der Waals surface area (Å²) in [7, 11) is -3.01. The molecule has 0 unspecified atom stereocenters. The topological polar surface area (TPSA) is 94.0 Å². The van der Waals surface area contributed by atoms with Gasteiger partial charge in [0.1, 0.15) is 0 Å². The van der Waals surface area contributed by atoms with Gasteiger partial charge < -0.3 is 5.32 Å². The van der Waals surface area contributed by atoms with Gasteiger partial charge in [-0.1, -0.05) is 0 Å². The fraction of sp³-hybridized carbons (Fsp3) is 0.500. The highest BCUT2D eigenvalue weighted by atomic mass is 32.2. The molecule has 1 aliphatic rings. The molecule has 1 N–H and O–H groups in total. The van der Waals surface area contributed by atoms with Crippen LogP contribution >= 0.6 is 0 Å². The summed E-state index contributed by atoms with van der Waals surface area (Å²) >= 11 is 0. The lowest BCUT2D eigenvalue weighted by atomic mass is 10.2. The van der Waals surface area contributed by atoms with Gasteiger partial charge in [0.25, 0.3) is 5.91 Å². The Hall–Kier alpha value is -1.96. The van der Waals surface area contributed by atoms with Crippen LogP contribution in [0.2, 0.25) is 0 Å². The van der Waals surface area contributed by atoms with E-state index in [1.54, 1.807) is 16.9 Å². The minimum atomic E-state index is -3.01. The van der Waals surface area contributed by atoms with Crippen molar-refractivity contribution >= 4 is 26.8 Å². The first-order valence-corrected chi connectivity index (χ1v) is 9.02. The smallest absolute Gasteiger partial charge is 0.253 e. The largest absolute Gasteiger partial charge is 0.348 e. The molecule has 0 saturated carbocycles. The Bertz CT molecular complexity index is 826. The summed E-state index contributed by atoms with van der Waals surface area (Å²) < 4.78 is 24.6. The summed E-state index contributed by atoms with van der Waals surface area (Å²) in [5, 5.41) is 7.81. The molecule has 1 atom stereocenters. The van der Waals surface area contributed by atoms with Gasteiger partial charge in [-0.15, -0.1) is 0 Å². The molecule has 0 spiro atoms. The molecule has 1 aliphatic heterocycles. The number of hydrogen-bond acceptors (Lipinski definition) is 5. The molecule has 3 rings (SSSR count). The van der Waals surface area contributed by atoms with E-state index in [-0.39, 0.29) is 29.5 Å². The van der Waals surface area contributed by atoms with Crippen LogP contribution in [0.15, 0.2) is 18.5 Å². The molecule has 2 aromatic rings. The molecule has 0 radical (unpaired) electrons. The van der Waals surface area contributed by atoms with Crippen molar-refractivity contribution in [2.45, 2.75) is 32.4 Å². The van der Waals surface area contributed by atoms with Gasteiger partial charge in [-0.25, -0.2) is 18.1 Å². The van der Waals surface area contributed by atoms with Gasteiger partial charge in [-0.3, -0.25) is 4.79 Å². The lowest BCUT2D eigenvalue weighted by molar-refractivity contribution is 0.0941. The maximum atomic E-state index is 12.2. The number of carbonyl (C=O) groups is 1. The average molecular weight is 322 g/mol. The van der Waals surface area contributed by atoms with Gasteiger partial charge in [0.15, 0.2) is 15.5 Å². The number of hydrogen-bond donors (Lipinski definition) is 1.